The van der Waals surface area contributed by atoms with Gasteiger partial charge in [-0.2, -0.15) is 8.78 Å². The lowest BCUT2D eigenvalue weighted by Gasteiger charge is -2.30. The first-order chi connectivity index (χ1) is 18.7. The number of likely N-dealkylation sites (tertiary alicyclic amines) is 1. The Bertz CT molecular complexity index is 1400. The summed E-state index contributed by atoms with van der Waals surface area (Å²) in [7, 11) is 3.37. The van der Waals surface area contributed by atoms with Crippen LogP contribution in [-0.2, 0) is 5.92 Å². The van der Waals surface area contributed by atoms with Crippen LogP contribution in [0.1, 0.15) is 63.5 Å². The number of aromatic nitrogens is 2. The molecule has 0 unspecified atom stereocenters. The second-order valence-electron chi connectivity index (χ2n) is 11.0. The number of benzene rings is 2. The number of alkyl halides is 2. The molecule has 0 radical (unpaired) electrons. The zero-order chi connectivity index (χ0) is 29.6. The fraction of sp³-hybridized carbons (Fsp3) is 0.517. The van der Waals surface area contributed by atoms with Gasteiger partial charge in [-0.3, -0.25) is 4.90 Å². The van der Waals surface area contributed by atoms with E-state index in [2.05, 4.69) is 27.1 Å². The lowest BCUT2D eigenvalue weighted by atomic mass is 9.91. The zero-order valence-electron chi connectivity index (χ0n) is 23.8. The molecule has 1 saturated heterocycles. The smallest absolute Gasteiger partial charge is 0.303 e. The molecule has 0 saturated carbocycles. The normalized spacial score (nSPS) is 19.2. The third-order valence-corrected chi connectivity index (χ3v) is 7.74. The van der Waals surface area contributed by atoms with Crippen molar-refractivity contribution < 1.29 is 32.1 Å². The standard InChI is InChI=1S/C29H36F4N4O3/c1-15-11-12-18(37(15)6)14-40-22-13-20-25(24(31)26(22)39-7)35-17(3)36-27(20)34-16(2)19-9-8-10-21(23(19)30)29(32,33)28(4,5)38/h8-10,13,15-16,18,38H,11-12,14H2,1-7H3,(H,34,35,36)/t15-,16-,18+/m1/s1. The maximum Gasteiger partial charge on any atom is 0.303 e. The van der Waals surface area contributed by atoms with Crippen LogP contribution in [0.4, 0.5) is 23.4 Å². The van der Waals surface area contributed by atoms with Crippen molar-refractivity contribution in [3.63, 3.8) is 0 Å². The summed E-state index contributed by atoms with van der Waals surface area (Å²) in [5.41, 5.74) is -3.51. The average molecular weight is 565 g/mol. The number of ether oxygens (including phenoxy) is 2. The van der Waals surface area contributed by atoms with E-state index < -0.39 is 34.8 Å². The third-order valence-electron chi connectivity index (χ3n) is 7.74. The van der Waals surface area contributed by atoms with Gasteiger partial charge in [-0.15, -0.1) is 0 Å². The number of hydrogen-bond acceptors (Lipinski definition) is 7. The average Bonchev–Trinajstić information content (AvgIpc) is 3.19. The first-order valence-electron chi connectivity index (χ1n) is 13.2. The Morgan fingerprint density at radius 2 is 1.88 bits per heavy atom. The summed E-state index contributed by atoms with van der Waals surface area (Å²) in [4.78, 5) is 10.9. The predicted molar refractivity (Wildman–Crippen MR) is 145 cm³/mol. The van der Waals surface area contributed by atoms with Gasteiger partial charge in [0.1, 0.15) is 35.2 Å². The van der Waals surface area contributed by atoms with Gasteiger partial charge in [0.25, 0.3) is 0 Å². The molecule has 1 aliphatic heterocycles. The molecule has 3 aromatic rings. The van der Waals surface area contributed by atoms with E-state index >= 15 is 8.78 Å². The van der Waals surface area contributed by atoms with Gasteiger partial charge in [-0.25, -0.2) is 18.7 Å². The van der Waals surface area contributed by atoms with Crippen LogP contribution in [0.3, 0.4) is 0 Å². The Morgan fingerprint density at radius 1 is 1.18 bits per heavy atom. The van der Waals surface area contributed by atoms with Crippen LogP contribution in [0.2, 0.25) is 0 Å². The Hall–Kier alpha value is -3.18. The van der Waals surface area contributed by atoms with Crippen LogP contribution in [0, 0.1) is 18.6 Å². The number of nitrogens with zero attached hydrogens (tertiary/aromatic N) is 3. The molecule has 7 nitrogen and oxygen atoms in total. The number of fused-ring (bicyclic) bond motifs is 1. The van der Waals surface area contributed by atoms with Gasteiger partial charge >= 0.3 is 5.92 Å². The number of hydrogen-bond donors (Lipinski definition) is 2. The second-order valence-corrected chi connectivity index (χ2v) is 11.0. The van der Waals surface area contributed by atoms with Crippen LogP contribution in [-0.4, -0.2) is 58.4 Å². The lowest BCUT2D eigenvalue weighted by Crippen LogP contribution is -2.41. The molecule has 0 aliphatic carbocycles. The van der Waals surface area contributed by atoms with Crippen LogP contribution in [0.15, 0.2) is 24.3 Å². The van der Waals surface area contributed by atoms with Gasteiger partial charge in [0, 0.05) is 23.0 Å². The molecule has 1 fully saturated rings. The summed E-state index contributed by atoms with van der Waals surface area (Å²) in [6.07, 6.45) is 1.98. The van der Waals surface area contributed by atoms with Crippen LogP contribution >= 0.6 is 0 Å². The van der Waals surface area contributed by atoms with Gasteiger partial charge in [0.05, 0.1) is 18.7 Å². The Labute approximate surface area is 231 Å². The quantitative estimate of drug-likeness (QED) is 0.303. The topological polar surface area (TPSA) is 79.7 Å². The molecule has 218 valence electrons. The zero-order valence-corrected chi connectivity index (χ0v) is 23.8. The Kier molecular flexibility index (Phi) is 8.20. The maximum atomic E-state index is 15.6. The van der Waals surface area contributed by atoms with Crippen LogP contribution < -0.4 is 14.8 Å². The van der Waals surface area contributed by atoms with E-state index in [4.69, 9.17) is 9.47 Å². The number of rotatable bonds is 9. The molecule has 2 heterocycles. The summed E-state index contributed by atoms with van der Waals surface area (Å²) in [6.45, 7) is 7.45. The van der Waals surface area contributed by atoms with Crippen molar-refractivity contribution in [3.8, 4) is 11.5 Å². The van der Waals surface area contributed by atoms with Gasteiger partial charge in [-0.05, 0) is 66.6 Å². The van der Waals surface area contributed by atoms with E-state index in [-0.39, 0.29) is 45.6 Å². The van der Waals surface area contributed by atoms with E-state index in [0.717, 1.165) is 32.8 Å². The number of anilines is 1. The van der Waals surface area contributed by atoms with E-state index in [1.807, 2.05) is 7.05 Å². The van der Waals surface area contributed by atoms with Gasteiger partial charge < -0.3 is 19.9 Å². The number of likely N-dealkylation sites (N-methyl/N-ethyl adjacent to an activating group) is 1. The number of methoxy groups -OCH3 is 1. The van der Waals surface area contributed by atoms with Crippen molar-refractivity contribution in [1.82, 2.24) is 14.9 Å². The number of aryl methyl sites for hydroxylation is 1. The van der Waals surface area contributed by atoms with Crippen molar-refractivity contribution >= 4 is 16.7 Å². The third kappa shape index (κ3) is 5.41. The molecule has 1 aromatic heterocycles. The second kappa shape index (κ2) is 11.0. The minimum atomic E-state index is -3.85. The largest absolute Gasteiger partial charge is 0.490 e. The first-order valence-corrected chi connectivity index (χ1v) is 13.2. The highest BCUT2D eigenvalue weighted by Gasteiger charge is 2.49. The summed E-state index contributed by atoms with van der Waals surface area (Å²) in [5.74, 6) is -5.25. The van der Waals surface area contributed by atoms with Crippen molar-refractivity contribution in [2.45, 2.75) is 77.1 Å². The van der Waals surface area contributed by atoms with Crippen LogP contribution in [0.25, 0.3) is 10.9 Å². The molecule has 2 N–H and O–H groups in total. The van der Waals surface area contributed by atoms with Crippen LogP contribution in [0.5, 0.6) is 11.5 Å². The molecule has 3 atom stereocenters. The molecule has 2 aromatic carbocycles. The Balaban J connectivity index is 1.72. The minimum Gasteiger partial charge on any atom is -0.490 e. The lowest BCUT2D eigenvalue weighted by molar-refractivity contribution is -0.170. The highest BCUT2D eigenvalue weighted by Crippen LogP contribution is 2.42. The van der Waals surface area contributed by atoms with E-state index in [1.54, 1.807) is 19.9 Å². The molecule has 40 heavy (non-hydrogen) atoms. The minimum absolute atomic E-state index is 0.0270. The molecular weight excluding hydrogens is 528 g/mol. The van der Waals surface area contributed by atoms with Gasteiger partial charge in [0.2, 0.25) is 0 Å². The fourth-order valence-corrected chi connectivity index (χ4v) is 5.03. The van der Waals surface area contributed by atoms with Crippen molar-refractivity contribution in [2.75, 3.05) is 26.1 Å². The number of nitrogens with one attached hydrogen (secondary N) is 1. The van der Waals surface area contributed by atoms with Gasteiger partial charge in [-0.1, -0.05) is 12.1 Å². The molecule has 1 aliphatic rings. The van der Waals surface area contributed by atoms with E-state index in [1.165, 1.54) is 19.2 Å². The fourth-order valence-electron chi connectivity index (χ4n) is 5.03. The first kappa shape index (κ1) is 29.8. The Morgan fingerprint density at radius 3 is 2.48 bits per heavy atom. The highest BCUT2D eigenvalue weighted by molar-refractivity contribution is 5.92. The summed E-state index contributed by atoms with van der Waals surface area (Å²) < 4.78 is 72.1. The SMILES string of the molecule is COc1c(OC[C@@H]2CC[C@@H](C)N2C)cc2c(N[C@H](C)c3cccc(C(F)(F)C(C)(C)O)c3F)nc(C)nc2c1F. The molecule has 0 bridgehead atoms. The van der Waals surface area contributed by atoms with Gasteiger partial charge in [0.15, 0.2) is 17.3 Å². The maximum absolute atomic E-state index is 15.6. The van der Waals surface area contributed by atoms with Crippen molar-refractivity contribution in [1.29, 1.82) is 0 Å². The molecule has 0 spiro atoms. The van der Waals surface area contributed by atoms with E-state index in [9.17, 15) is 13.9 Å². The van der Waals surface area contributed by atoms with Crippen molar-refractivity contribution in [2.24, 2.45) is 0 Å². The monoisotopic (exact) mass is 564 g/mol. The molecule has 4 rings (SSSR count). The molecule has 11 heteroatoms. The van der Waals surface area contributed by atoms with E-state index in [0.29, 0.717) is 12.6 Å². The van der Waals surface area contributed by atoms with Crippen molar-refractivity contribution in [3.05, 3.63) is 52.9 Å². The number of halogens is 4. The molecule has 0 amide bonds. The predicted octanol–water partition coefficient (Wildman–Crippen LogP) is 6.12. The number of aliphatic hydroxyl groups is 1. The summed E-state index contributed by atoms with van der Waals surface area (Å²) in [5, 5.41) is 13.3. The molecular formula is C29H36F4N4O3. The summed E-state index contributed by atoms with van der Waals surface area (Å²) >= 11 is 0. The summed E-state index contributed by atoms with van der Waals surface area (Å²) in [6, 6.07) is 4.89. The highest BCUT2D eigenvalue weighted by atomic mass is 19.3.